The fraction of sp³-hybridized carbons (Fsp3) is 0.143. The summed E-state index contributed by atoms with van der Waals surface area (Å²) < 4.78 is 27.1. The van der Waals surface area contributed by atoms with Crippen LogP contribution in [-0.4, -0.2) is 25.1 Å². The van der Waals surface area contributed by atoms with Crippen LogP contribution in [0.25, 0.3) is 0 Å². The summed E-state index contributed by atoms with van der Waals surface area (Å²) in [5.41, 5.74) is 0.445. The number of hydrogen-bond acceptors (Lipinski definition) is 5. The van der Waals surface area contributed by atoms with Crippen molar-refractivity contribution in [2.75, 3.05) is 6.61 Å². The molecule has 0 saturated heterocycles. The van der Waals surface area contributed by atoms with Crippen molar-refractivity contribution >= 4 is 10.0 Å². The molecule has 2 rings (SSSR count). The van der Waals surface area contributed by atoms with Gasteiger partial charge in [0, 0.05) is 6.20 Å². The molecule has 0 aliphatic rings. The Labute approximate surface area is 122 Å². The predicted octanol–water partition coefficient (Wildman–Crippen LogP) is 0.965. The second kappa shape index (κ2) is 6.45. The highest BCUT2D eigenvalue weighted by molar-refractivity contribution is 7.89. The van der Waals surface area contributed by atoms with Gasteiger partial charge in [-0.15, -0.1) is 0 Å². The molecule has 0 radical (unpaired) electrons. The van der Waals surface area contributed by atoms with Crippen molar-refractivity contribution in [3.05, 3.63) is 59.9 Å². The number of rotatable bonds is 5. The van der Waals surface area contributed by atoms with Crippen molar-refractivity contribution < 1.29 is 13.5 Å². The van der Waals surface area contributed by atoms with Crippen LogP contribution in [0, 0.1) is 11.3 Å². The first-order chi connectivity index (χ1) is 10.1. The summed E-state index contributed by atoms with van der Waals surface area (Å²) in [6.07, 6.45) is 1.35. The molecule has 6 nitrogen and oxygen atoms in total. The molecule has 1 aromatic heterocycles. The van der Waals surface area contributed by atoms with Gasteiger partial charge in [0.1, 0.15) is 11.0 Å². The number of nitrogens with zero attached hydrogens (tertiary/aromatic N) is 2. The van der Waals surface area contributed by atoms with E-state index in [1.165, 1.54) is 18.3 Å². The number of nitriles is 1. The zero-order valence-electron chi connectivity index (χ0n) is 11.0. The number of benzene rings is 1. The average molecular weight is 303 g/mol. The molecule has 0 bridgehead atoms. The first-order valence-corrected chi connectivity index (χ1v) is 7.60. The molecule has 2 aromatic rings. The first-order valence-electron chi connectivity index (χ1n) is 6.11. The molecule has 0 amide bonds. The quantitative estimate of drug-likeness (QED) is 0.856. The number of aromatic nitrogens is 1. The highest BCUT2D eigenvalue weighted by atomic mass is 32.2. The summed E-state index contributed by atoms with van der Waals surface area (Å²) in [5, 5.41) is 18.3. The normalized spacial score (nSPS) is 12.6. The van der Waals surface area contributed by atoms with Gasteiger partial charge in [0.2, 0.25) is 10.0 Å². The maximum absolute atomic E-state index is 12.3. The van der Waals surface area contributed by atoms with Gasteiger partial charge in [-0.05, 0) is 17.7 Å². The summed E-state index contributed by atoms with van der Waals surface area (Å²) in [5.74, 6) is 0. The van der Waals surface area contributed by atoms with Gasteiger partial charge in [-0.2, -0.15) is 5.26 Å². The molecular weight excluding hydrogens is 290 g/mol. The number of aliphatic hydroxyl groups excluding tert-OH is 1. The Bertz CT molecular complexity index is 755. The van der Waals surface area contributed by atoms with Gasteiger partial charge in [-0.3, -0.25) is 0 Å². The lowest BCUT2D eigenvalue weighted by atomic mass is 10.1. The summed E-state index contributed by atoms with van der Waals surface area (Å²) in [6.45, 7) is -0.397. The van der Waals surface area contributed by atoms with Gasteiger partial charge >= 0.3 is 0 Å². The lowest BCUT2D eigenvalue weighted by Gasteiger charge is -2.17. The minimum absolute atomic E-state index is 0.185. The standard InChI is InChI=1S/C14H13N3O3S/c15-9-12-14(7-4-8-16-12)21(19,20)17-13(10-18)11-5-2-1-3-6-11/h1-8,13,17-18H,10H2/t13-/m0/s1. The minimum Gasteiger partial charge on any atom is -0.394 e. The van der Waals surface area contributed by atoms with Crippen molar-refractivity contribution in [3.8, 4) is 6.07 Å². The Morgan fingerprint density at radius 1 is 1.24 bits per heavy atom. The van der Waals surface area contributed by atoms with Crippen molar-refractivity contribution in [1.29, 1.82) is 5.26 Å². The third kappa shape index (κ3) is 3.44. The second-order valence-corrected chi connectivity index (χ2v) is 5.91. The monoisotopic (exact) mass is 303 g/mol. The Kier molecular flexibility index (Phi) is 4.65. The molecule has 1 heterocycles. The molecule has 0 saturated carbocycles. The summed E-state index contributed by atoms with van der Waals surface area (Å²) in [4.78, 5) is 3.52. The fourth-order valence-corrected chi connectivity index (χ4v) is 3.16. The third-order valence-electron chi connectivity index (χ3n) is 2.85. The maximum atomic E-state index is 12.3. The Balaban J connectivity index is 2.35. The van der Waals surface area contributed by atoms with Crippen LogP contribution in [0.15, 0.2) is 53.6 Å². The van der Waals surface area contributed by atoms with Crippen LogP contribution in [0.5, 0.6) is 0 Å². The first kappa shape index (κ1) is 15.1. The summed E-state index contributed by atoms with van der Waals surface area (Å²) in [7, 11) is -3.96. The van der Waals surface area contributed by atoms with Crippen LogP contribution in [0.1, 0.15) is 17.3 Å². The molecule has 1 aromatic carbocycles. The molecule has 21 heavy (non-hydrogen) atoms. The minimum atomic E-state index is -3.96. The van der Waals surface area contributed by atoms with E-state index in [1.54, 1.807) is 36.4 Å². The van der Waals surface area contributed by atoms with Crippen LogP contribution < -0.4 is 4.72 Å². The topological polar surface area (TPSA) is 103 Å². The van der Waals surface area contributed by atoms with E-state index in [2.05, 4.69) is 9.71 Å². The van der Waals surface area contributed by atoms with Gasteiger partial charge in [-0.25, -0.2) is 18.1 Å². The van der Waals surface area contributed by atoms with Crippen molar-refractivity contribution in [3.63, 3.8) is 0 Å². The molecule has 1 atom stereocenters. The van der Waals surface area contributed by atoms with E-state index >= 15 is 0 Å². The second-order valence-electron chi connectivity index (χ2n) is 4.23. The van der Waals surface area contributed by atoms with Gasteiger partial charge in [0.15, 0.2) is 5.69 Å². The molecule has 7 heteroatoms. The molecule has 0 unspecified atom stereocenters. The van der Waals surface area contributed by atoms with E-state index in [0.29, 0.717) is 5.56 Å². The highest BCUT2D eigenvalue weighted by Crippen LogP contribution is 2.18. The van der Waals surface area contributed by atoms with Gasteiger partial charge in [0.25, 0.3) is 0 Å². The molecular formula is C14H13N3O3S. The van der Waals surface area contributed by atoms with Crippen LogP contribution >= 0.6 is 0 Å². The largest absolute Gasteiger partial charge is 0.394 e. The van der Waals surface area contributed by atoms with Crippen molar-refractivity contribution in [2.24, 2.45) is 0 Å². The number of nitrogens with one attached hydrogen (secondary N) is 1. The van der Waals surface area contributed by atoms with E-state index in [0.717, 1.165) is 0 Å². The van der Waals surface area contributed by atoms with E-state index in [1.807, 2.05) is 0 Å². The smallest absolute Gasteiger partial charge is 0.244 e. The number of aliphatic hydroxyl groups is 1. The van der Waals surface area contributed by atoms with Crippen molar-refractivity contribution in [2.45, 2.75) is 10.9 Å². The summed E-state index contributed by atoms with van der Waals surface area (Å²) in [6, 6.07) is 12.4. The average Bonchev–Trinajstić information content (AvgIpc) is 2.53. The van der Waals surface area contributed by atoms with Crippen molar-refractivity contribution in [1.82, 2.24) is 9.71 Å². The van der Waals surface area contributed by atoms with E-state index in [9.17, 15) is 13.5 Å². The predicted molar refractivity (Wildman–Crippen MR) is 75.5 cm³/mol. The van der Waals surface area contributed by atoms with Crippen LogP contribution in [0.2, 0.25) is 0 Å². The molecule has 108 valence electrons. The molecule has 0 aliphatic heterocycles. The molecule has 2 N–H and O–H groups in total. The molecule has 0 aliphatic carbocycles. The lowest BCUT2D eigenvalue weighted by molar-refractivity contribution is 0.259. The number of sulfonamides is 1. The number of hydrogen-bond donors (Lipinski definition) is 2. The zero-order chi connectivity index (χ0) is 15.3. The van der Waals surface area contributed by atoms with Gasteiger partial charge in [-0.1, -0.05) is 30.3 Å². The Morgan fingerprint density at radius 2 is 1.95 bits per heavy atom. The molecule has 0 spiro atoms. The van der Waals surface area contributed by atoms with E-state index < -0.39 is 22.7 Å². The van der Waals surface area contributed by atoms with Gasteiger partial charge < -0.3 is 5.11 Å². The van der Waals surface area contributed by atoms with E-state index in [-0.39, 0.29) is 10.6 Å². The van der Waals surface area contributed by atoms with Crippen LogP contribution in [0.3, 0.4) is 0 Å². The van der Waals surface area contributed by atoms with Gasteiger partial charge in [0.05, 0.1) is 12.6 Å². The highest BCUT2D eigenvalue weighted by Gasteiger charge is 2.23. The van der Waals surface area contributed by atoms with Crippen LogP contribution in [-0.2, 0) is 10.0 Å². The summed E-state index contributed by atoms with van der Waals surface area (Å²) >= 11 is 0. The molecule has 0 fully saturated rings. The maximum Gasteiger partial charge on any atom is 0.244 e. The zero-order valence-corrected chi connectivity index (χ0v) is 11.8. The third-order valence-corrected chi connectivity index (χ3v) is 4.35. The SMILES string of the molecule is N#Cc1ncccc1S(=O)(=O)N[C@@H](CO)c1ccccc1. The Morgan fingerprint density at radius 3 is 2.57 bits per heavy atom. The fourth-order valence-electron chi connectivity index (χ4n) is 1.84. The van der Waals surface area contributed by atoms with E-state index in [4.69, 9.17) is 5.26 Å². The number of pyridine rings is 1. The lowest BCUT2D eigenvalue weighted by Crippen LogP contribution is -2.31. The Hall–Kier alpha value is -2.27. The van der Waals surface area contributed by atoms with Crippen LogP contribution in [0.4, 0.5) is 0 Å².